The van der Waals surface area contributed by atoms with E-state index in [4.69, 9.17) is 9.47 Å². The summed E-state index contributed by atoms with van der Waals surface area (Å²) in [4.78, 5) is 41.5. The highest BCUT2D eigenvalue weighted by Gasteiger charge is 2.32. The van der Waals surface area contributed by atoms with Crippen LogP contribution in [0.25, 0.3) is 11.4 Å². The maximum absolute atomic E-state index is 14.1. The maximum Gasteiger partial charge on any atom is 0.353 e. The zero-order valence-electron chi connectivity index (χ0n) is 24.4. The Morgan fingerprint density at radius 2 is 1.34 bits per heavy atom. The van der Waals surface area contributed by atoms with E-state index in [1.807, 2.05) is 81.4 Å². The number of hydrogen-bond acceptors (Lipinski definition) is 6. The number of H-pyrrole nitrogens is 2. The first-order valence-corrected chi connectivity index (χ1v) is 15.0. The summed E-state index contributed by atoms with van der Waals surface area (Å²) in [6.45, 7) is 5.79. The highest BCUT2D eigenvalue weighted by Crippen LogP contribution is 2.38. The number of thiophene rings is 1. The van der Waals surface area contributed by atoms with E-state index in [0.717, 1.165) is 0 Å². The molecule has 0 aliphatic carbocycles. The smallest absolute Gasteiger partial charge is 0.353 e. The Labute approximate surface area is 256 Å². The third-order valence-electron chi connectivity index (χ3n) is 7.37. The number of esters is 1. The van der Waals surface area contributed by atoms with Crippen LogP contribution in [0.5, 0.6) is 11.5 Å². The van der Waals surface area contributed by atoms with Gasteiger partial charge in [-0.05, 0) is 74.2 Å². The van der Waals surface area contributed by atoms with Gasteiger partial charge in [0.2, 0.25) is 0 Å². The summed E-state index contributed by atoms with van der Waals surface area (Å²) in [6.07, 6.45) is 0. The molecule has 0 saturated carbocycles. The molecule has 0 unspecified atom stereocenters. The molecule has 3 aromatic carbocycles. The van der Waals surface area contributed by atoms with Gasteiger partial charge >= 0.3 is 5.97 Å². The lowest BCUT2D eigenvalue weighted by atomic mass is 9.85. The van der Waals surface area contributed by atoms with Crippen LogP contribution in [0.1, 0.15) is 50.6 Å². The van der Waals surface area contributed by atoms with E-state index < -0.39 is 11.9 Å². The second-order valence-corrected chi connectivity index (χ2v) is 11.1. The van der Waals surface area contributed by atoms with Gasteiger partial charge in [-0.15, -0.1) is 11.3 Å². The number of benzene rings is 3. The molecule has 0 radical (unpaired) electrons. The van der Waals surface area contributed by atoms with Crippen LogP contribution < -0.4 is 20.6 Å². The first-order chi connectivity index (χ1) is 21.4. The van der Waals surface area contributed by atoms with Gasteiger partial charge in [-0.25, -0.2) is 14.2 Å². The molecule has 0 fully saturated rings. The van der Waals surface area contributed by atoms with Crippen LogP contribution in [0.2, 0.25) is 0 Å². The summed E-state index contributed by atoms with van der Waals surface area (Å²) < 4.78 is 14.6. The molecular weight excluding hydrogens is 576 g/mol. The fraction of sp³-hybridized carbons (Fsp3) is 0.147. The molecule has 0 spiro atoms. The number of aromatic amines is 2. The average Bonchev–Trinajstić information content (AvgIpc) is 3.75. The summed E-state index contributed by atoms with van der Waals surface area (Å²) >= 11 is 1.28. The Hall–Kier alpha value is -5.35. The molecule has 3 aromatic heterocycles. The molecule has 0 amide bonds. The van der Waals surface area contributed by atoms with Crippen molar-refractivity contribution in [1.82, 2.24) is 19.6 Å². The predicted molar refractivity (Wildman–Crippen MR) is 170 cm³/mol. The fourth-order valence-electron chi connectivity index (χ4n) is 5.40. The van der Waals surface area contributed by atoms with E-state index in [2.05, 4.69) is 10.2 Å². The van der Waals surface area contributed by atoms with Crippen LogP contribution in [-0.2, 0) is 0 Å². The minimum absolute atomic E-state index is 0.243. The number of carbonyl (C=O) groups is 1. The fourth-order valence-corrected chi connectivity index (χ4v) is 5.99. The van der Waals surface area contributed by atoms with Crippen molar-refractivity contribution in [2.45, 2.75) is 26.7 Å². The number of ether oxygens (including phenoxy) is 2. The van der Waals surface area contributed by atoms with Crippen molar-refractivity contribution in [1.29, 1.82) is 0 Å². The Morgan fingerprint density at radius 3 is 1.84 bits per heavy atom. The molecule has 222 valence electrons. The summed E-state index contributed by atoms with van der Waals surface area (Å²) in [7, 11) is 0. The number of para-hydroxylation sites is 2. The number of aromatic nitrogens is 4. The number of carbonyl (C=O) groups excluding carboxylic acids is 1. The van der Waals surface area contributed by atoms with Crippen LogP contribution in [0.15, 0.2) is 106 Å². The molecule has 0 bridgehead atoms. The SMILES string of the molecule is CCOc1cc(C(c2c(C)[nH]n(-c3ccccc3)c2=O)c2c(C)[nH]n(-c3ccccc3)c2=O)ccc1OC(=O)c1cccs1. The maximum atomic E-state index is 14.1. The molecule has 6 aromatic rings. The number of rotatable bonds is 9. The van der Waals surface area contributed by atoms with Crippen molar-refractivity contribution in [2.24, 2.45) is 0 Å². The second-order valence-electron chi connectivity index (χ2n) is 10.2. The molecule has 10 heteroatoms. The van der Waals surface area contributed by atoms with Crippen molar-refractivity contribution >= 4 is 17.3 Å². The Bertz CT molecular complexity index is 1940. The van der Waals surface area contributed by atoms with E-state index >= 15 is 0 Å². The lowest BCUT2D eigenvalue weighted by molar-refractivity contribution is 0.0733. The number of hydrogen-bond donors (Lipinski definition) is 2. The van der Waals surface area contributed by atoms with Gasteiger partial charge in [0.05, 0.1) is 29.1 Å². The molecule has 2 N–H and O–H groups in total. The summed E-state index contributed by atoms with van der Waals surface area (Å²) in [5.41, 5.74) is 3.46. The molecule has 3 heterocycles. The Morgan fingerprint density at radius 1 is 0.773 bits per heavy atom. The van der Waals surface area contributed by atoms with Gasteiger partial charge < -0.3 is 9.47 Å². The Kier molecular flexibility index (Phi) is 7.91. The molecule has 44 heavy (non-hydrogen) atoms. The van der Waals surface area contributed by atoms with E-state index in [1.165, 1.54) is 20.7 Å². The second kappa shape index (κ2) is 12.1. The number of nitrogens with one attached hydrogen (secondary N) is 2. The minimum Gasteiger partial charge on any atom is -0.490 e. The normalized spacial score (nSPS) is 11.2. The lowest BCUT2D eigenvalue weighted by Crippen LogP contribution is -2.25. The predicted octanol–water partition coefficient (Wildman–Crippen LogP) is 6.12. The first kappa shape index (κ1) is 28.8. The van der Waals surface area contributed by atoms with Crippen molar-refractivity contribution in [3.63, 3.8) is 0 Å². The first-order valence-electron chi connectivity index (χ1n) is 14.1. The van der Waals surface area contributed by atoms with Gasteiger partial charge in [-0.3, -0.25) is 19.8 Å². The average molecular weight is 607 g/mol. The van der Waals surface area contributed by atoms with E-state index in [9.17, 15) is 14.4 Å². The van der Waals surface area contributed by atoms with Crippen molar-refractivity contribution in [3.8, 4) is 22.9 Å². The highest BCUT2D eigenvalue weighted by atomic mass is 32.1. The molecule has 0 aliphatic heterocycles. The summed E-state index contributed by atoms with van der Waals surface area (Å²) in [6, 6.07) is 27.2. The van der Waals surface area contributed by atoms with E-state index in [-0.39, 0.29) is 16.9 Å². The van der Waals surface area contributed by atoms with Crippen LogP contribution in [0, 0.1) is 13.8 Å². The van der Waals surface area contributed by atoms with Crippen molar-refractivity contribution in [3.05, 3.63) is 150 Å². The van der Waals surface area contributed by atoms with Crippen molar-refractivity contribution in [2.75, 3.05) is 6.61 Å². The van der Waals surface area contributed by atoms with Crippen molar-refractivity contribution < 1.29 is 14.3 Å². The van der Waals surface area contributed by atoms with Crippen LogP contribution in [0.4, 0.5) is 0 Å². The van der Waals surface area contributed by atoms with E-state index in [0.29, 0.717) is 56.7 Å². The van der Waals surface area contributed by atoms with Crippen LogP contribution in [0.3, 0.4) is 0 Å². The van der Waals surface area contributed by atoms with Gasteiger partial charge in [-0.1, -0.05) is 48.5 Å². The lowest BCUT2D eigenvalue weighted by Gasteiger charge is -2.18. The highest BCUT2D eigenvalue weighted by molar-refractivity contribution is 7.12. The monoisotopic (exact) mass is 606 g/mol. The molecule has 6 rings (SSSR count). The molecular formula is C34H30N4O5S. The molecule has 0 atom stereocenters. The third kappa shape index (κ3) is 5.31. The summed E-state index contributed by atoms with van der Waals surface area (Å²) in [5, 5.41) is 8.21. The number of aryl methyl sites for hydroxylation is 2. The quantitative estimate of drug-likeness (QED) is 0.152. The molecule has 9 nitrogen and oxygen atoms in total. The zero-order valence-corrected chi connectivity index (χ0v) is 25.2. The van der Waals surface area contributed by atoms with Crippen LogP contribution in [-0.4, -0.2) is 32.1 Å². The molecule has 0 aliphatic rings. The minimum atomic E-state index is -0.779. The van der Waals surface area contributed by atoms with Gasteiger partial charge in [0.25, 0.3) is 11.1 Å². The molecule has 0 saturated heterocycles. The summed E-state index contributed by atoms with van der Waals surface area (Å²) in [5.74, 6) is -0.704. The van der Waals surface area contributed by atoms with Crippen LogP contribution >= 0.6 is 11.3 Å². The number of nitrogens with zero attached hydrogens (tertiary/aromatic N) is 2. The van der Waals surface area contributed by atoms with Gasteiger partial charge in [0.1, 0.15) is 4.88 Å². The standard InChI is InChI=1S/C34H30N4O5S/c1-4-42-27-20-23(17-18-26(27)43-34(41)28-16-11-19-44-28)31(29-21(2)35-37(32(29)39)24-12-7-5-8-13-24)30-22(3)36-38(33(30)40)25-14-9-6-10-15-25/h5-20,31,35-36H,4H2,1-3H3. The van der Waals surface area contributed by atoms with Gasteiger partial charge in [0.15, 0.2) is 11.5 Å². The van der Waals surface area contributed by atoms with E-state index in [1.54, 1.807) is 35.7 Å². The Balaban J connectivity index is 1.55. The largest absolute Gasteiger partial charge is 0.490 e. The zero-order chi connectivity index (χ0) is 30.8. The third-order valence-corrected chi connectivity index (χ3v) is 8.22. The van der Waals surface area contributed by atoms with Gasteiger partial charge in [0, 0.05) is 17.3 Å². The van der Waals surface area contributed by atoms with Gasteiger partial charge in [-0.2, -0.15) is 0 Å². The topological polar surface area (TPSA) is 111 Å².